The Bertz CT molecular complexity index is 718. The Morgan fingerprint density at radius 1 is 1.04 bits per heavy atom. The van der Waals surface area contributed by atoms with E-state index < -0.39 is 23.6 Å². The van der Waals surface area contributed by atoms with Gasteiger partial charge < -0.3 is 10.1 Å². The number of benzene rings is 2. The van der Waals surface area contributed by atoms with Crippen LogP contribution in [-0.2, 0) is 4.74 Å². The summed E-state index contributed by atoms with van der Waals surface area (Å²) in [5, 5.41) is 4.75. The maximum absolute atomic E-state index is 13.5. The van der Waals surface area contributed by atoms with Crippen molar-refractivity contribution < 1.29 is 23.1 Å². The molecule has 2 N–H and O–H groups in total. The van der Waals surface area contributed by atoms with Crippen molar-refractivity contribution in [3.8, 4) is 0 Å². The van der Waals surface area contributed by atoms with Crippen LogP contribution in [0, 0.1) is 11.6 Å². The van der Waals surface area contributed by atoms with Crippen LogP contribution in [0.2, 0.25) is 0 Å². The van der Waals surface area contributed by atoms with E-state index in [-0.39, 0.29) is 17.9 Å². The van der Waals surface area contributed by atoms with Crippen LogP contribution in [0.25, 0.3) is 0 Å². The molecule has 2 rings (SSSR count). The zero-order chi connectivity index (χ0) is 16.8. The average molecular weight is 320 g/mol. The third kappa shape index (κ3) is 4.50. The third-order valence-corrected chi connectivity index (χ3v) is 2.85. The SMILES string of the molecule is CCOC(=O)Nc1ccc(C(=O)Nc2cc(F)ccc2F)cc1. The molecule has 7 heteroatoms. The van der Waals surface area contributed by atoms with E-state index in [2.05, 4.69) is 10.6 Å². The smallest absolute Gasteiger partial charge is 0.411 e. The average Bonchev–Trinajstić information content (AvgIpc) is 2.52. The van der Waals surface area contributed by atoms with Crippen LogP contribution in [-0.4, -0.2) is 18.6 Å². The number of rotatable bonds is 4. The molecule has 23 heavy (non-hydrogen) atoms. The molecule has 0 aromatic heterocycles. The van der Waals surface area contributed by atoms with Gasteiger partial charge in [-0.15, -0.1) is 0 Å². The van der Waals surface area contributed by atoms with Gasteiger partial charge in [-0.2, -0.15) is 0 Å². The van der Waals surface area contributed by atoms with Gasteiger partial charge in [0.15, 0.2) is 0 Å². The molecule has 0 fully saturated rings. The van der Waals surface area contributed by atoms with Crippen LogP contribution < -0.4 is 10.6 Å². The van der Waals surface area contributed by atoms with Gasteiger partial charge in [0.05, 0.1) is 12.3 Å². The van der Waals surface area contributed by atoms with Crippen LogP contribution in [0.3, 0.4) is 0 Å². The molecular formula is C16H14F2N2O3. The molecule has 0 aliphatic heterocycles. The van der Waals surface area contributed by atoms with Crippen molar-refractivity contribution in [2.75, 3.05) is 17.2 Å². The van der Waals surface area contributed by atoms with Gasteiger partial charge in [-0.05, 0) is 43.3 Å². The van der Waals surface area contributed by atoms with Crippen molar-refractivity contribution in [1.82, 2.24) is 0 Å². The van der Waals surface area contributed by atoms with Crippen LogP contribution in [0.1, 0.15) is 17.3 Å². The Morgan fingerprint density at radius 3 is 2.39 bits per heavy atom. The number of halogens is 2. The fourth-order valence-corrected chi connectivity index (χ4v) is 1.78. The number of hydrogen-bond acceptors (Lipinski definition) is 3. The summed E-state index contributed by atoms with van der Waals surface area (Å²) in [6.07, 6.45) is -0.605. The predicted molar refractivity (Wildman–Crippen MR) is 81.4 cm³/mol. The van der Waals surface area contributed by atoms with Crippen molar-refractivity contribution in [1.29, 1.82) is 0 Å². The number of ether oxygens (including phenoxy) is 1. The third-order valence-electron chi connectivity index (χ3n) is 2.85. The number of hydrogen-bond donors (Lipinski definition) is 2. The lowest BCUT2D eigenvalue weighted by molar-refractivity contribution is 0.102. The molecular weight excluding hydrogens is 306 g/mol. The second-order valence-electron chi connectivity index (χ2n) is 4.50. The minimum Gasteiger partial charge on any atom is -0.450 e. The zero-order valence-corrected chi connectivity index (χ0v) is 12.2. The van der Waals surface area contributed by atoms with Gasteiger partial charge in [0.25, 0.3) is 5.91 Å². The lowest BCUT2D eigenvalue weighted by Crippen LogP contribution is -2.15. The second kappa shape index (κ2) is 7.35. The van der Waals surface area contributed by atoms with E-state index >= 15 is 0 Å². The number of anilines is 2. The van der Waals surface area contributed by atoms with Gasteiger partial charge in [0, 0.05) is 17.3 Å². The summed E-state index contributed by atoms with van der Waals surface area (Å²) in [4.78, 5) is 23.3. The largest absolute Gasteiger partial charge is 0.450 e. The van der Waals surface area contributed by atoms with E-state index in [4.69, 9.17) is 4.74 Å². The van der Waals surface area contributed by atoms with Gasteiger partial charge in [0.2, 0.25) is 0 Å². The fourth-order valence-electron chi connectivity index (χ4n) is 1.78. The summed E-state index contributed by atoms with van der Waals surface area (Å²) in [5.74, 6) is -1.99. The molecule has 120 valence electrons. The normalized spacial score (nSPS) is 10.0. The Morgan fingerprint density at radius 2 is 1.74 bits per heavy atom. The van der Waals surface area contributed by atoms with Crippen molar-refractivity contribution in [3.05, 3.63) is 59.7 Å². The highest BCUT2D eigenvalue weighted by Gasteiger charge is 2.11. The maximum Gasteiger partial charge on any atom is 0.411 e. The van der Waals surface area contributed by atoms with Crippen LogP contribution in [0.4, 0.5) is 25.0 Å². The number of amides is 2. The maximum atomic E-state index is 13.5. The molecule has 0 saturated carbocycles. The molecule has 0 radical (unpaired) electrons. The van der Waals surface area contributed by atoms with E-state index in [1.807, 2.05) is 0 Å². The lowest BCUT2D eigenvalue weighted by Gasteiger charge is -2.08. The summed E-state index contributed by atoms with van der Waals surface area (Å²) in [5.41, 5.74) is 0.420. The monoisotopic (exact) mass is 320 g/mol. The van der Waals surface area contributed by atoms with Gasteiger partial charge >= 0.3 is 6.09 Å². The highest BCUT2D eigenvalue weighted by molar-refractivity contribution is 6.04. The molecule has 2 aromatic rings. The summed E-state index contributed by atoms with van der Waals surface area (Å²) in [6, 6.07) is 8.64. The zero-order valence-electron chi connectivity index (χ0n) is 12.2. The Balaban J connectivity index is 2.05. The van der Waals surface area contributed by atoms with Crippen molar-refractivity contribution in [2.45, 2.75) is 6.92 Å². The van der Waals surface area contributed by atoms with E-state index in [0.29, 0.717) is 5.69 Å². The van der Waals surface area contributed by atoms with E-state index in [0.717, 1.165) is 18.2 Å². The Labute approximate surface area is 131 Å². The number of carbonyl (C=O) groups is 2. The molecule has 0 atom stereocenters. The minimum atomic E-state index is -0.736. The van der Waals surface area contributed by atoms with Crippen molar-refractivity contribution in [3.63, 3.8) is 0 Å². The van der Waals surface area contributed by atoms with Crippen LogP contribution in [0.15, 0.2) is 42.5 Å². The quantitative estimate of drug-likeness (QED) is 0.901. The minimum absolute atomic E-state index is 0.225. The summed E-state index contributed by atoms with van der Waals surface area (Å²) < 4.78 is 31.3. The topological polar surface area (TPSA) is 67.4 Å². The molecule has 0 unspecified atom stereocenters. The molecule has 0 aliphatic carbocycles. The highest BCUT2D eigenvalue weighted by Crippen LogP contribution is 2.17. The summed E-state index contributed by atoms with van der Waals surface area (Å²) >= 11 is 0. The molecule has 0 spiro atoms. The first-order valence-corrected chi connectivity index (χ1v) is 6.80. The van der Waals surface area contributed by atoms with Gasteiger partial charge in [-0.3, -0.25) is 10.1 Å². The summed E-state index contributed by atoms with van der Waals surface area (Å²) in [7, 11) is 0. The number of carbonyl (C=O) groups excluding carboxylic acids is 2. The molecule has 0 aliphatic rings. The van der Waals surface area contributed by atoms with Crippen molar-refractivity contribution in [2.24, 2.45) is 0 Å². The first-order valence-electron chi connectivity index (χ1n) is 6.80. The number of nitrogens with one attached hydrogen (secondary N) is 2. The predicted octanol–water partition coefficient (Wildman–Crippen LogP) is 3.79. The summed E-state index contributed by atoms with van der Waals surface area (Å²) in [6.45, 7) is 1.92. The first-order chi connectivity index (χ1) is 11.0. The Hall–Kier alpha value is -2.96. The van der Waals surface area contributed by atoms with Gasteiger partial charge in [-0.1, -0.05) is 0 Å². The molecule has 2 aromatic carbocycles. The van der Waals surface area contributed by atoms with E-state index in [1.54, 1.807) is 6.92 Å². The highest BCUT2D eigenvalue weighted by atomic mass is 19.1. The van der Waals surface area contributed by atoms with Crippen molar-refractivity contribution >= 4 is 23.4 Å². The first kappa shape index (κ1) is 16.4. The van der Waals surface area contributed by atoms with E-state index in [1.165, 1.54) is 24.3 Å². The molecule has 2 amide bonds. The standard InChI is InChI=1S/C16H14F2N2O3/c1-2-23-16(22)19-12-6-3-10(4-7-12)15(21)20-14-9-11(17)5-8-13(14)18/h3-9H,2H2,1H3,(H,19,22)(H,20,21). The fraction of sp³-hybridized carbons (Fsp3) is 0.125. The molecule has 0 heterocycles. The molecule has 5 nitrogen and oxygen atoms in total. The van der Waals surface area contributed by atoms with Gasteiger partial charge in [-0.25, -0.2) is 13.6 Å². The molecule has 0 saturated heterocycles. The van der Waals surface area contributed by atoms with Crippen LogP contribution in [0.5, 0.6) is 0 Å². The Kier molecular flexibility index (Phi) is 5.24. The van der Waals surface area contributed by atoms with Crippen LogP contribution >= 0.6 is 0 Å². The lowest BCUT2D eigenvalue weighted by atomic mass is 10.2. The van der Waals surface area contributed by atoms with Gasteiger partial charge in [0.1, 0.15) is 11.6 Å². The molecule has 0 bridgehead atoms. The second-order valence-corrected chi connectivity index (χ2v) is 4.50. The van der Waals surface area contributed by atoms with E-state index in [9.17, 15) is 18.4 Å².